The molecular formula is C22H20N2O3. The predicted molar refractivity (Wildman–Crippen MR) is 107 cm³/mol. The highest BCUT2D eigenvalue weighted by Crippen LogP contribution is 2.23. The number of anilines is 3. The van der Waals surface area contributed by atoms with E-state index in [1.54, 1.807) is 43.3 Å². The summed E-state index contributed by atoms with van der Waals surface area (Å²) in [5, 5.41) is 6.06. The van der Waals surface area contributed by atoms with E-state index in [2.05, 4.69) is 10.6 Å². The standard InChI is InChI=1S/C22H20N2O3/c1-2-27-22(26)18-13-7-9-15-20(18)24-21(25)17-12-6-8-14-19(17)23-16-10-4-3-5-11-16/h3-15,23H,2H2,1H3,(H,24,25). The Morgan fingerprint density at radius 1 is 0.778 bits per heavy atom. The lowest BCUT2D eigenvalue weighted by Crippen LogP contribution is -2.17. The SMILES string of the molecule is CCOC(=O)c1ccccc1NC(=O)c1ccccc1Nc1ccccc1. The molecule has 0 unspecified atom stereocenters. The highest BCUT2D eigenvalue weighted by atomic mass is 16.5. The minimum Gasteiger partial charge on any atom is -0.462 e. The van der Waals surface area contributed by atoms with E-state index in [1.165, 1.54) is 0 Å². The zero-order valence-corrected chi connectivity index (χ0v) is 14.9. The van der Waals surface area contributed by atoms with Gasteiger partial charge in [0.2, 0.25) is 0 Å². The van der Waals surface area contributed by atoms with Gasteiger partial charge in [0.15, 0.2) is 0 Å². The van der Waals surface area contributed by atoms with Gasteiger partial charge in [-0.2, -0.15) is 0 Å². The van der Waals surface area contributed by atoms with Crippen molar-refractivity contribution in [3.63, 3.8) is 0 Å². The molecule has 0 radical (unpaired) electrons. The minimum atomic E-state index is -0.468. The molecule has 0 heterocycles. The zero-order valence-electron chi connectivity index (χ0n) is 14.9. The molecule has 0 saturated heterocycles. The van der Waals surface area contributed by atoms with Crippen LogP contribution in [0.3, 0.4) is 0 Å². The molecular weight excluding hydrogens is 340 g/mol. The summed E-state index contributed by atoms with van der Waals surface area (Å²) in [5.41, 5.74) is 2.76. The first-order chi connectivity index (χ1) is 13.2. The molecule has 0 bridgehead atoms. The maximum absolute atomic E-state index is 12.9. The number of nitrogens with one attached hydrogen (secondary N) is 2. The second kappa shape index (κ2) is 8.67. The lowest BCUT2D eigenvalue weighted by molar-refractivity contribution is 0.0527. The smallest absolute Gasteiger partial charge is 0.340 e. The van der Waals surface area contributed by atoms with E-state index in [4.69, 9.17) is 4.74 Å². The highest BCUT2D eigenvalue weighted by molar-refractivity contribution is 6.11. The fourth-order valence-electron chi connectivity index (χ4n) is 2.64. The van der Waals surface area contributed by atoms with Crippen LogP contribution in [-0.4, -0.2) is 18.5 Å². The Kier molecular flexibility index (Phi) is 5.84. The number of rotatable bonds is 6. The molecule has 5 nitrogen and oxygen atoms in total. The molecule has 27 heavy (non-hydrogen) atoms. The van der Waals surface area contributed by atoms with Crippen molar-refractivity contribution in [2.45, 2.75) is 6.92 Å². The number of para-hydroxylation sites is 3. The van der Waals surface area contributed by atoms with Crippen LogP contribution in [0.4, 0.5) is 17.1 Å². The van der Waals surface area contributed by atoms with Crippen LogP contribution in [0.2, 0.25) is 0 Å². The molecule has 0 spiro atoms. The van der Waals surface area contributed by atoms with E-state index in [-0.39, 0.29) is 12.5 Å². The maximum atomic E-state index is 12.9. The third kappa shape index (κ3) is 4.52. The third-order valence-electron chi connectivity index (χ3n) is 3.90. The molecule has 2 N–H and O–H groups in total. The van der Waals surface area contributed by atoms with Crippen molar-refractivity contribution in [1.82, 2.24) is 0 Å². The van der Waals surface area contributed by atoms with Crippen LogP contribution in [0.25, 0.3) is 0 Å². The summed E-state index contributed by atoms with van der Waals surface area (Å²) >= 11 is 0. The van der Waals surface area contributed by atoms with E-state index in [0.29, 0.717) is 22.5 Å². The molecule has 3 aromatic rings. The molecule has 0 aliphatic rings. The molecule has 1 amide bonds. The number of hydrogen-bond donors (Lipinski definition) is 2. The predicted octanol–water partition coefficient (Wildman–Crippen LogP) is 4.86. The molecule has 5 heteroatoms. The molecule has 0 aliphatic heterocycles. The van der Waals surface area contributed by atoms with Gasteiger partial charge in [-0.25, -0.2) is 4.79 Å². The van der Waals surface area contributed by atoms with Gasteiger partial charge < -0.3 is 15.4 Å². The first-order valence-electron chi connectivity index (χ1n) is 8.67. The van der Waals surface area contributed by atoms with Crippen LogP contribution in [0, 0.1) is 0 Å². The monoisotopic (exact) mass is 360 g/mol. The summed E-state index contributed by atoms with van der Waals surface area (Å²) in [4.78, 5) is 25.0. The van der Waals surface area contributed by atoms with Gasteiger partial charge in [0.1, 0.15) is 0 Å². The van der Waals surface area contributed by atoms with Crippen LogP contribution in [0.15, 0.2) is 78.9 Å². The fraction of sp³-hybridized carbons (Fsp3) is 0.0909. The summed E-state index contributed by atoms with van der Waals surface area (Å²) in [6.45, 7) is 2.01. The maximum Gasteiger partial charge on any atom is 0.340 e. The van der Waals surface area contributed by atoms with Gasteiger partial charge >= 0.3 is 5.97 Å². The molecule has 136 valence electrons. The highest BCUT2D eigenvalue weighted by Gasteiger charge is 2.16. The largest absolute Gasteiger partial charge is 0.462 e. The van der Waals surface area contributed by atoms with Gasteiger partial charge in [-0.05, 0) is 43.3 Å². The Balaban J connectivity index is 1.85. The Hall–Kier alpha value is -3.60. The first kappa shape index (κ1) is 18.2. The summed E-state index contributed by atoms with van der Waals surface area (Å²) in [6.07, 6.45) is 0. The zero-order chi connectivity index (χ0) is 19.1. The normalized spacial score (nSPS) is 10.1. The van der Waals surface area contributed by atoms with Gasteiger partial charge in [-0.1, -0.05) is 42.5 Å². The summed E-state index contributed by atoms with van der Waals surface area (Å²) in [6, 6.07) is 23.6. The second-order valence-electron chi connectivity index (χ2n) is 5.76. The number of hydrogen-bond acceptors (Lipinski definition) is 4. The number of ether oxygens (including phenoxy) is 1. The molecule has 0 fully saturated rings. The Morgan fingerprint density at radius 2 is 1.37 bits per heavy atom. The quantitative estimate of drug-likeness (QED) is 0.616. The van der Waals surface area contributed by atoms with Crippen LogP contribution < -0.4 is 10.6 Å². The second-order valence-corrected chi connectivity index (χ2v) is 5.76. The number of esters is 1. The van der Waals surface area contributed by atoms with Crippen LogP contribution in [0.5, 0.6) is 0 Å². The van der Waals surface area contributed by atoms with Crippen LogP contribution >= 0.6 is 0 Å². The third-order valence-corrected chi connectivity index (χ3v) is 3.90. The average molecular weight is 360 g/mol. The lowest BCUT2D eigenvalue weighted by Gasteiger charge is -2.14. The topological polar surface area (TPSA) is 67.4 Å². The van der Waals surface area contributed by atoms with Gasteiger partial charge in [0.25, 0.3) is 5.91 Å². The van der Waals surface area contributed by atoms with Crippen molar-refractivity contribution in [3.05, 3.63) is 90.0 Å². The Labute approximate surface area is 158 Å². The first-order valence-corrected chi connectivity index (χ1v) is 8.67. The van der Waals surface area contributed by atoms with Gasteiger partial charge in [0.05, 0.1) is 29.1 Å². The number of amides is 1. The van der Waals surface area contributed by atoms with Crippen molar-refractivity contribution in [2.75, 3.05) is 17.2 Å². The number of benzene rings is 3. The molecule has 0 atom stereocenters. The van der Waals surface area contributed by atoms with E-state index < -0.39 is 5.97 Å². The average Bonchev–Trinajstić information content (AvgIpc) is 2.70. The molecule has 0 aromatic heterocycles. The van der Waals surface area contributed by atoms with Gasteiger partial charge in [-0.3, -0.25) is 4.79 Å². The van der Waals surface area contributed by atoms with E-state index in [1.807, 2.05) is 42.5 Å². The van der Waals surface area contributed by atoms with E-state index >= 15 is 0 Å². The van der Waals surface area contributed by atoms with Crippen molar-refractivity contribution >= 4 is 28.9 Å². The Morgan fingerprint density at radius 3 is 2.07 bits per heavy atom. The van der Waals surface area contributed by atoms with Gasteiger partial charge in [0, 0.05) is 5.69 Å². The molecule has 3 aromatic carbocycles. The molecule has 3 rings (SSSR count). The molecule has 0 aliphatic carbocycles. The number of carbonyl (C=O) groups is 2. The van der Waals surface area contributed by atoms with Crippen molar-refractivity contribution in [1.29, 1.82) is 0 Å². The Bertz CT molecular complexity index is 939. The minimum absolute atomic E-state index is 0.269. The van der Waals surface area contributed by atoms with Crippen molar-refractivity contribution in [2.24, 2.45) is 0 Å². The fourth-order valence-corrected chi connectivity index (χ4v) is 2.64. The van der Waals surface area contributed by atoms with E-state index in [9.17, 15) is 9.59 Å². The summed E-state index contributed by atoms with van der Waals surface area (Å²) in [5.74, 6) is -0.783. The van der Waals surface area contributed by atoms with Crippen LogP contribution in [-0.2, 0) is 4.74 Å². The lowest BCUT2D eigenvalue weighted by atomic mass is 10.1. The number of carbonyl (C=O) groups excluding carboxylic acids is 2. The molecule has 0 saturated carbocycles. The van der Waals surface area contributed by atoms with Crippen LogP contribution in [0.1, 0.15) is 27.6 Å². The summed E-state index contributed by atoms with van der Waals surface area (Å²) in [7, 11) is 0. The van der Waals surface area contributed by atoms with Crippen molar-refractivity contribution < 1.29 is 14.3 Å². The van der Waals surface area contributed by atoms with Crippen molar-refractivity contribution in [3.8, 4) is 0 Å². The summed E-state index contributed by atoms with van der Waals surface area (Å²) < 4.78 is 5.06. The van der Waals surface area contributed by atoms with Gasteiger partial charge in [-0.15, -0.1) is 0 Å². The van der Waals surface area contributed by atoms with E-state index in [0.717, 1.165) is 5.69 Å².